The summed E-state index contributed by atoms with van der Waals surface area (Å²) in [5.41, 5.74) is 1.36. The summed E-state index contributed by atoms with van der Waals surface area (Å²) in [4.78, 5) is 2.30. The second-order valence-corrected chi connectivity index (χ2v) is 5.63. The van der Waals surface area contributed by atoms with E-state index in [0.717, 1.165) is 5.56 Å². The van der Waals surface area contributed by atoms with E-state index in [2.05, 4.69) is 9.93 Å². The number of sulfonamides is 1. The average Bonchev–Trinajstić information content (AvgIpc) is 2.38. The number of aryl methyl sites for hydroxylation is 1. The van der Waals surface area contributed by atoms with Crippen molar-refractivity contribution < 1.29 is 17.9 Å². The highest BCUT2D eigenvalue weighted by molar-refractivity contribution is 7.89. The van der Waals surface area contributed by atoms with Crippen molar-refractivity contribution in [3.63, 3.8) is 0 Å². The summed E-state index contributed by atoms with van der Waals surface area (Å²) in [7, 11) is -0.778. The van der Waals surface area contributed by atoms with Crippen LogP contribution in [0.3, 0.4) is 0 Å². The Hall–Kier alpha value is -1.44. The van der Waals surface area contributed by atoms with Gasteiger partial charge in [-0.25, -0.2) is 0 Å². The van der Waals surface area contributed by atoms with Gasteiger partial charge in [0.2, 0.25) is 0 Å². The quantitative estimate of drug-likeness (QED) is 0.485. The number of ether oxygens (including phenoxy) is 2. The highest BCUT2D eigenvalue weighted by Crippen LogP contribution is 2.09. The summed E-state index contributed by atoms with van der Waals surface area (Å²) >= 11 is 0. The second-order valence-electron chi connectivity index (χ2n) is 3.96. The van der Waals surface area contributed by atoms with Crippen molar-refractivity contribution in [1.29, 1.82) is 0 Å². The van der Waals surface area contributed by atoms with E-state index < -0.39 is 16.3 Å². The van der Waals surface area contributed by atoms with Crippen LogP contribution in [0.15, 0.2) is 34.3 Å². The van der Waals surface area contributed by atoms with Crippen LogP contribution in [0.1, 0.15) is 12.5 Å². The number of hydrazone groups is 1. The van der Waals surface area contributed by atoms with Gasteiger partial charge in [0.05, 0.1) is 10.6 Å². The third kappa shape index (κ3) is 4.30. The number of nitrogens with one attached hydrogen (secondary N) is 1. The van der Waals surface area contributed by atoms with E-state index in [1.165, 1.54) is 26.4 Å². The molecule has 0 saturated carbocycles. The molecule has 0 heterocycles. The van der Waals surface area contributed by atoms with E-state index >= 15 is 0 Å². The molecule has 1 aromatic carbocycles. The van der Waals surface area contributed by atoms with Gasteiger partial charge in [0.15, 0.2) is 6.29 Å². The van der Waals surface area contributed by atoms with Gasteiger partial charge in [-0.3, -0.25) is 0 Å². The topological polar surface area (TPSA) is 77.0 Å². The van der Waals surface area contributed by atoms with Gasteiger partial charge in [0, 0.05) is 14.2 Å². The molecule has 0 bridgehead atoms. The molecule has 106 valence electrons. The molecule has 0 unspecified atom stereocenters. The van der Waals surface area contributed by atoms with Crippen molar-refractivity contribution in [3.05, 3.63) is 29.8 Å². The first-order chi connectivity index (χ1) is 8.90. The highest BCUT2D eigenvalue weighted by Gasteiger charge is 2.14. The van der Waals surface area contributed by atoms with E-state index in [1.54, 1.807) is 19.1 Å². The molecule has 1 rings (SSSR count). The van der Waals surface area contributed by atoms with Crippen molar-refractivity contribution >= 4 is 15.7 Å². The first kappa shape index (κ1) is 15.6. The lowest BCUT2D eigenvalue weighted by Crippen LogP contribution is -2.27. The highest BCUT2D eigenvalue weighted by atomic mass is 32.2. The third-order valence-electron chi connectivity index (χ3n) is 2.44. The minimum absolute atomic E-state index is 0.154. The number of nitrogens with zero attached hydrogens (tertiary/aromatic N) is 1. The zero-order valence-electron chi connectivity index (χ0n) is 11.4. The van der Waals surface area contributed by atoms with Crippen molar-refractivity contribution in [2.45, 2.75) is 25.0 Å². The number of methoxy groups -OCH3 is 2. The van der Waals surface area contributed by atoms with Gasteiger partial charge < -0.3 is 9.47 Å². The molecule has 0 amide bonds. The number of hydrogen-bond donors (Lipinski definition) is 1. The van der Waals surface area contributed by atoms with Crippen molar-refractivity contribution in [2.24, 2.45) is 5.10 Å². The first-order valence-electron chi connectivity index (χ1n) is 5.59. The molecule has 0 aromatic heterocycles. The average molecular weight is 286 g/mol. The lowest BCUT2D eigenvalue weighted by atomic mass is 10.2. The summed E-state index contributed by atoms with van der Waals surface area (Å²) in [6, 6.07) is 6.48. The second kappa shape index (κ2) is 6.65. The SMILES string of the molecule is COC(OC)C(C)=NNS(=O)(=O)c1ccc(C)cc1. The van der Waals surface area contributed by atoms with Gasteiger partial charge in [-0.2, -0.15) is 18.4 Å². The molecule has 0 spiro atoms. The maximum Gasteiger partial charge on any atom is 0.276 e. The van der Waals surface area contributed by atoms with Gasteiger partial charge in [0.1, 0.15) is 0 Å². The predicted molar refractivity (Wildman–Crippen MR) is 72.4 cm³/mol. The molecule has 0 aliphatic carbocycles. The van der Waals surface area contributed by atoms with Crippen LogP contribution in [0.2, 0.25) is 0 Å². The van der Waals surface area contributed by atoms with Crippen molar-refractivity contribution in [3.8, 4) is 0 Å². The van der Waals surface area contributed by atoms with E-state index in [0.29, 0.717) is 5.71 Å². The number of hydrogen-bond acceptors (Lipinski definition) is 5. The fraction of sp³-hybridized carbons (Fsp3) is 0.417. The Labute approximate surface area is 113 Å². The standard InChI is InChI=1S/C12H18N2O4S/c1-9-5-7-11(8-6-9)19(15,16)14-13-10(2)12(17-3)18-4/h5-8,12,14H,1-4H3. The largest absolute Gasteiger partial charge is 0.351 e. The van der Waals surface area contributed by atoms with Crippen LogP contribution in [0.25, 0.3) is 0 Å². The van der Waals surface area contributed by atoms with Crippen LogP contribution >= 0.6 is 0 Å². The molecule has 6 nitrogen and oxygen atoms in total. The molecular formula is C12H18N2O4S. The Morgan fingerprint density at radius 3 is 2.21 bits per heavy atom. The third-order valence-corrected chi connectivity index (χ3v) is 3.67. The summed E-state index contributed by atoms with van der Waals surface area (Å²) in [5, 5.41) is 3.77. The molecule has 7 heteroatoms. The maximum absolute atomic E-state index is 11.9. The van der Waals surface area contributed by atoms with Crippen molar-refractivity contribution in [2.75, 3.05) is 14.2 Å². The van der Waals surface area contributed by atoms with Crippen LogP contribution in [0.5, 0.6) is 0 Å². The van der Waals surface area contributed by atoms with E-state index in [9.17, 15) is 8.42 Å². The fourth-order valence-electron chi connectivity index (χ4n) is 1.39. The number of benzene rings is 1. The van der Waals surface area contributed by atoms with E-state index in [4.69, 9.17) is 9.47 Å². The molecule has 0 radical (unpaired) electrons. The van der Waals surface area contributed by atoms with Gasteiger partial charge in [-0.15, -0.1) is 0 Å². The monoisotopic (exact) mass is 286 g/mol. The Morgan fingerprint density at radius 1 is 1.21 bits per heavy atom. The van der Waals surface area contributed by atoms with Crippen molar-refractivity contribution in [1.82, 2.24) is 4.83 Å². The smallest absolute Gasteiger partial charge is 0.276 e. The zero-order valence-corrected chi connectivity index (χ0v) is 12.2. The molecule has 0 aliphatic rings. The summed E-state index contributed by atoms with van der Waals surface area (Å²) in [6.45, 7) is 3.49. The molecule has 19 heavy (non-hydrogen) atoms. The van der Waals surface area contributed by atoms with Gasteiger partial charge in [0.25, 0.3) is 10.0 Å². The Bertz CT molecular complexity index is 533. The summed E-state index contributed by atoms with van der Waals surface area (Å²) < 4.78 is 33.8. The zero-order chi connectivity index (χ0) is 14.5. The molecular weight excluding hydrogens is 268 g/mol. The minimum Gasteiger partial charge on any atom is -0.351 e. The lowest BCUT2D eigenvalue weighted by Gasteiger charge is -2.13. The minimum atomic E-state index is -3.67. The number of rotatable bonds is 6. The van der Waals surface area contributed by atoms with Gasteiger partial charge in [-0.05, 0) is 26.0 Å². The van der Waals surface area contributed by atoms with Crippen LogP contribution in [-0.4, -0.2) is 34.6 Å². The Balaban J connectivity index is 2.86. The molecule has 1 aromatic rings. The van der Waals surface area contributed by atoms with Crippen LogP contribution in [0.4, 0.5) is 0 Å². The van der Waals surface area contributed by atoms with Crippen LogP contribution in [-0.2, 0) is 19.5 Å². The molecule has 0 aliphatic heterocycles. The van der Waals surface area contributed by atoms with Gasteiger partial charge in [-0.1, -0.05) is 17.7 Å². The van der Waals surface area contributed by atoms with Crippen LogP contribution in [0, 0.1) is 6.92 Å². The molecule has 0 atom stereocenters. The van der Waals surface area contributed by atoms with E-state index in [1.807, 2.05) is 6.92 Å². The maximum atomic E-state index is 11.9. The Kier molecular flexibility index (Phi) is 5.46. The normalized spacial score (nSPS) is 12.8. The molecule has 0 fully saturated rings. The molecule has 1 N–H and O–H groups in total. The summed E-state index contributed by atoms with van der Waals surface area (Å²) in [5.74, 6) is 0. The first-order valence-corrected chi connectivity index (χ1v) is 7.07. The Morgan fingerprint density at radius 2 is 1.74 bits per heavy atom. The van der Waals surface area contributed by atoms with Gasteiger partial charge >= 0.3 is 0 Å². The fourth-order valence-corrected chi connectivity index (χ4v) is 2.26. The summed E-state index contributed by atoms with van der Waals surface area (Å²) in [6.07, 6.45) is -0.680. The molecule has 0 saturated heterocycles. The van der Waals surface area contributed by atoms with E-state index in [-0.39, 0.29) is 4.90 Å². The van der Waals surface area contributed by atoms with Crippen LogP contribution < -0.4 is 4.83 Å². The predicted octanol–water partition coefficient (Wildman–Crippen LogP) is 1.27. The lowest BCUT2D eigenvalue weighted by molar-refractivity contribution is -0.0524.